The molecule has 0 saturated heterocycles. The minimum Gasteiger partial charge on any atom is -0.291 e. The van der Waals surface area contributed by atoms with Crippen molar-refractivity contribution < 1.29 is 0 Å². The van der Waals surface area contributed by atoms with E-state index in [-0.39, 0.29) is 0 Å². The van der Waals surface area contributed by atoms with Gasteiger partial charge in [0, 0.05) is 48.3 Å². The van der Waals surface area contributed by atoms with Crippen LogP contribution in [0.3, 0.4) is 0 Å². The second-order valence-electron chi connectivity index (χ2n) is 4.06. The molecular weight excluding hydrogens is 226 g/mol. The van der Waals surface area contributed by atoms with Crippen molar-refractivity contribution in [2.45, 2.75) is 0 Å². The fourth-order valence-electron chi connectivity index (χ4n) is 2.15. The number of aromatic nitrogens is 5. The van der Waals surface area contributed by atoms with Gasteiger partial charge in [-0.15, -0.1) is 0 Å². The van der Waals surface area contributed by atoms with Crippen LogP contribution in [0.2, 0.25) is 0 Å². The minimum atomic E-state index is 0.708. The van der Waals surface area contributed by atoms with Crippen molar-refractivity contribution in [1.82, 2.24) is 24.0 Å². The maximum Gasteiger partial charge on any atom is 0.233 e. The van der Waals surface area contributed by atoms with Crippen LogP contribution < -0.4 is 0 Å². The lowest BCUT2D eigenvalue weighted by molar-refractivity contribution is 0.961. The van der Waals surface area contributed by atoms with Crippen molar-refractivity contribution >= 4 is 11.3 Å². The van der Waals surface area contributed by atoms with Gasteiger partial charge in [-0.05, 0) is 12.1 Å². The van der Waals surface area contributed by atoms with Gasteiger partial charge in [-0.25, -0.2) is 14.5 Å². The van der Waals surface area contributed by atoms with Crippen LogP contribution in [0.5, 0.6) is 0 Å². The number of rotatable bonds is 1. The van der Waals surface area contributed by atoms with Crippen molar-refractivity contribution in [2.24, 2.45) is 0 Å². The van der Waals surface area contributed by atoms with Crippen molar-refractivity contribution in [2.75, 3.05) is 0 Å². The van der Waals surface area contributed by atoms with Crippen molar-refractivity contribution in [1.29, 1.82) is 0 Å². The molecule has 0 N–H and O–H groups in total. The van der Waals surface area contributed by atoms with Crippen LogP contribution in [0, 0.1) is 0 Å². The molecule has 0 aromatic carbocycles. The Hall–Kier alpha value is -2.69. The summed E-state index contributed by atoms with van der Waals surface area (Å²) in [6.45, 7) is 0. The first-order chi connectivity index (χ1) is 8.92. The largest absolute Gasteiger partial charge is 0.291 e. The summed E-state index contributed by atoms with van der Waals surface area (Å²) in [5.74, 6) is 0.708. The van der Waals surface area contributed by atoms with Crippen molar-refractivity contribution in [3.8, 4) is 11.1 Å². The van der Waals surface area contributed by atoms with Gasteiger partial charge in [0.1, 0.15) is 0 Å². The van der Waals surface area contributed by atoms with E-state index >= 15 is 0 Å². The van der Waals surface area contributed by atoms with Crippen LogP contribution in [0.4, 0.5) is 0 Å². The molecular formula is C13H9N5. The van der Waals surface area contributed by atoms with E-state index in [0.717, 1.165) is 16.6 Å². The Kier molecular flexibility index (Phi) is 1.77. The summed E-state index contributed by atoms with van der Waals surface area (Å²) in [4.78, 5) is 8.47. The summed E-state index contributed by atoms with van der Waals surface area (Å²) >= 11 is 0. The fourth-order valence-corrected chi connectivity index (χ4v) is 2.15. The molecule has 0 aliphatic rings. The highest BCUT2D eigenvalue weighted by Gasteiger charge is 2.06. The molecule has 0 spiro atoms. The average molecular weight is 235 g/mol. The first kappa shape index (κ1) is 9.35. The van der Waals surface area contributed by atoms with Crippen LogP contribution in [0.15, 0.2) is 55.4 Å². The average Bonchev–Trinajstić information content (AvgIpc) is 3.05. The smallest absolute Gasteiger partial charge is 0.233 e. The minimum absolute atomic E-state index is 0.708. The number of pyridine rings is 1. The van der Waals surface area contributed by atoms with E-state index in [9.17, 15) is 0 Å². The molecule has 4 heterocycles. The highest BCUT2D eigenvalue weighted by Crippen LogP contribution is 2.23. The van der Waals surface area contributed by atoms with Crippen LogP contribution in [0.25, 0.3) is 22.4 Å². The van der Waals surface area contributed by atoms with Gasteiger partial charge in [0.15, 0.2) is 0 Å². The molecule has 0 radical (unpaired) electrons. The Morgan fingerprint density at radius 2 is 2.00 bits per heavy atom. The molecule has 5 heteroatoms. The van der Waals surface area contributed by atoms with Gasteiger partial charge in [-0.2, -0.15) is 5.10 Å². The van der Waals surface area contributed by atoms with E-state index in [2.05, 4.69) is 21.1 Å². The summed E-state index contributed by atoms with van der Waals surface area (Å²) in [6, 6.07) is 6.04. The van der Waals surface area contributed by atoms with Gasteiger partial charge in [0.2, 0.25) is 5.78 Å². The molecule has 0 amide bonds. The zero-order valence-corrected chi connectivity index (χ0v) is 9.43. The Morgan fingerprint density at radius 1 is 1.00 bits per heavy atom. The highest BCUT2D eigenvalue weighted by atomic mass is 15.2. The van der Waals surface area contributed by atoms with Gasteiger partial charge >= 0.3 is 0 Å². The Labute approximate surface area is 102 Å². The zero-order valence-electron chi connectivity index (χ0n) is 9.43. The number of imidazole rings is 1. The second-order valence-corrected chi connectivity index (χ2v) is 4.06. The number of hydrogen-bond donors (Lipinski definition) is 0. The number of nitrogens with zero attached hydrogens (tertiary/aromatic N) is 5. The Balaban J connectivity index is 2.03. The topological polar surface area (TPSA) is 47.5 Å². The van der Waals surface area contributed by atoms with Gasteiger partial charge < -0.3 is 0 Å². The normalized spacial score (nSPS) is 11.3. The predicted octanol–water partition coefficient (Wildman–Crippen LogP) is 2.04. The highest BCUT2D eigenvalue weighted by molar-refractivity contribution is 5.79. The fraction of sp³-hybridized carbons (Fsp3) is 0. The van der Waals surface area contributed by atoms with Crippen LogP contribution in [0.1, 0.15) is 0 Å². The number of fused-ring (bicyclic) bond motifs is 2. The lowest BCUT2D eigenvalue weighted by Gasteiger charge is -2.04. The summed E-state index contributed by atoms with van der Waals surface area (Å²) in [6.07, 6.45) is 11.2. The maximum absolute atomic E-state index is 4.33. The lowest BCUT2D eigenvalue weighted by atomic mass is 10.1. The van der Waals surface area contributed by atoms with Crippen molar-refractivity contribution in [3.05, 3.63) is 55.4 Å². The van der Waals surface area contributed by atoms with Gasteiger partial charge in [-0.3, -0.25) is 4.40 Å². The Bertz CT molecular complexity index is 842. The van der Waals surface area contributed by atoms with E-state index in [1.165, 1.54) is 0 Å². The first-order valence-electron chi connectivity index (χ1n) is 5.63. The van der Waals surface area contributed by atoms with Crippen molar-refractivity contribution in [3.63, 3.8) is 0 Å². The third-order valence-corrected chi connectivity index (χ3v) is 2.99. The van der Waals surface area contributed by atoms with E-state index < -0.39 is 0 Å². The summed E-state index contributed by atoms with van der Waals surface area (Å²) in [5.41, 5.74) is 3.23. The molecule has 0 atom stereocenters. The van der Waals surface area contributed by atoms with Crippen LogP contribution in [-0.2, 0) is 0 Å². The first-order valence-corrected chi connectivity index (χ1v) is 5.63. The molecule has 0 fully saturated rings. The summed E-state index contributed by atoms with van der Waals surface area (Å²) in [7, 11) is 0. The van der Waals surface area contributed by atoms with E-state index in [4.69, 9.17) is 0 Å². The SMILES string of the molecule is c1cc(-c2cnc3nccn3c2)c2ccnn2c1. The summed E-state index contributed by atoms with van der Waals surface area (Å²) < 4.78 is 3.77. The zero-order chi connectivity index (χ0) is 11.9. The quantitative estimate of drug-likeness (QED) is 0.507. The van der Waals surface area contributed by atoms with Gasteiger partial charge in [0.05, 0.1) is 5.52 Å². The summed E-state index contributed by atoms with van der Waals surface area (Å²) in [5, 5.41) is 4.23. The van der Waals surface area contributed by atoms with E-state index in [0.29, 0.717) is 5.78 Å². The molecule has 4 aromatic rings. The second kappa shape index (κ2) is 3.40. The van der Waals surface area contributed by atoms with Gasteiger partial charge in [0.25, 0.3) is 0 Å². The monoisotopic (exact) mass is 235 g/mol. The molecule has 18 heavy (non-hydrogen) atoms. The molecule has 0 saturated carbocycles. The van der Waals surface area contributed by atoms with Gasteiger partial charge in [-0.1, -0.05) is 6.07 Å². The Morgan fingerprint density at radius 3 is 3.00 bits per heavy atom. The molecule has 4 aromatic heterocycles. The predicted molar refractivity (Wildman–Crippen MR) is 67.2 cm³/mol. The number of hydrogen-bond acceptors (Lipinski definition) is 3. The molecule has 86 valence electrons. The molecule has 0 aliphatic heterocycles. The van der Waals surface area contributed by atoms with Crippen LogP contribution in [-0.4, -0.2) is 24.0 Å². The lowest BCUT2D eigenvalue weighted by Crippen LogP contribution is -1.92. The molecule has 5 nitrogen and oxygen atoms in total. The maximum atomic E-state index is 4.33. The standard InChI is InChI=1S/C13H9N5/c1-2-11(12-3-4-16-18(12)6-1)10-8-15-13-14-5-7-17(13)9-10/h1-9H. The van der Waals surface area contributed by atoms with E-state index in [1.807, 2.05) is 45.8 Å². The molecule has 0 unspecified atom stereocenters. The third-order valence-electron chi connectivity index (χ3n) is 2.99. The molecule has 4 rings (SSSR count). The molecule has 0 aliphatic carbocycles. The van der Waals surface area contributed by atoms with Crippen LogP contribution >= 0.6 is 0 Å². The molecule has 0 bridgehead atoms. The van der Waals surface area contributed by atoms with E-state index in [1.54, 1.807) is 12.4 Å². The third kappa shape index (κ3) is 1.24.